The van der Waals surface area contributed by atoms with Gasteiger partial charge >= 0.3 is 0 Å². The van der Waals surface area contributed by atoms with Crippen molar-refractivity contribution in [1.82, 2.24) is 4.58 Å². The van der Waals surface area contributed by atoms with Gasteiger partial charge in [-0.05, 0) is 95.2 Å². The van der Waals surface area contributed by atoms with E-state index in [1.807, 2.05) is 0 Å². The van der Waals surface area contributed by atoms with E-state index in [0.717, 1.165) is 19.5 Å². The second-order valence-corrected chi connectivity index (χ2v) is 13.4. The molecule has 2 nitrogen and oxygen atoms in total. The van der Waals surface area contributed by atoms with Crippen molar-refractivity contribution in [3.8, 4) is 0 Å². The Morgan fingerprint density at radius 3 is 2.33 bits per heavy atom. The number of hydrogen-bond donors (Lipinski definition) is 0. The zero-order valence-electron chi connectivity index (χ0n) is 24.4. The van der Waals surface area contributed by atoms with Gasteiger partial charge in [0.1, 0.15) is 13.6 Å². The van der Waals surface area contributed by atoms with Gasteiger partial charge in [0.05, 0.1) is 0 Å². The van der Waals surface area contributed by atoms with Crippen LogP contribution >= 0.6 is 0 Å². The van der Waals surface area contributed by atoms with Crippen molar-refractivity contribution in [3.05, 3.63) is 62.7 Å². The van der Waals surface area contributed by atoms with E-state index in [2.05, 4.69) is 89.4 Å². The minimum Gasteiger partial charge on any atom is -0.374 e. The van der Waals surface area contributed by atoms with Gasteiger partial charge in [-0.25, -0.2) is 4.58 Å². The van der Waals surface area contributed by atoms with E-state index < -0.39 is 0 Å². The first-order valence-corrected chi connectivity index (χ1v) is 14.7. The number of benzene rings is 2. The Hall–Kier alpha value is -2.09. The molecule has 0 amide bonds. The molecule has 2 aromatic carbocycles. The van der Waals surface area contributed by atoms with Crippen molar-refractivity contribution in [2.45, 2.75) is 104 Å². The van der Waals surface area contributed by atoms with Crippen molar-refractivity contribution < 1.29 is 0 Å². The smallest absolute Gasteiger partial charge is 0.203 e. The standard InChI is InChI=1S/C34H49N2/c1-9-24-20-31-29(34(5,6)16-18-36(31)8)22-27(24)32(25-13-11-10-12-14-25)26-21-28-30(19-23(26)2)35(7)17-15-33(28,3)4/h19-22,25H,9-18H2,1-8H3/q+1. The topological polar surface area (TPSA) is 6.25 Å². The molecule has 0 unspecified atom stereocenters. The van der Waals surface area contributed by atoms with Crippen LogP contribution in [0.4, 0.5) is 5.69 Å². The van der Waals surface area contributed by atoms with Gasteiger partial charge in [-0.2, -0.15) is 0 Å². The summed E-state index contributed by atoms with van der Waals surface area (Å²) in [5.74, 6) is 0.660. The highest BCUT2D eigenvalue weighted by molar-refractivity contribution is 5.75. The summed E-state index contributed by atoms with van der Waals surface area (Å²) in [6, 6.07) is 10.3. The molecule has 5 rings (SSSR count). The van der Waals surface area contributed by atoms with Crippen molar-refractivity contribution in [2.24, 2.45) is 5.92 Å². The lowest BCUT2D eigenvalue weighted by Crippen LogP contribution is -2.44. The Balaban J connectivity index is 1.88. The summed E-state index contributed by atoms with van der Waals surface area (Å²) in [4.78, 5) is 2.48. The average molecular weight is 486 g/mol. The predicted molar refractivity (Wildman–Crippen MR) is 156 cm³/mol. The number of rotatable bonds is 3. The van der Waals surface area contributed by atoms with Crippen LogP contribution in [-0.4, -0.2) is 27.2 Å². The number of fused-ring (bicyclic) bond motifs is 2. The summed E-state index contributed by atoms with van der Waals surface area (Å²) >= 11 is 0. The summed E-state index contributed by atoms with van der Waals surface area (Å²) in [5, 5.41) is 3.01. The highest BCUT2D eigenvalue weighted by atomic mass is 15.1. The lowest BCUT2D eigenvalue weighted by molar-refractivity contribution is 0.409. The molecule has 0 atom stereocenters. The van der Waals surface area contributed by atoms with Gasteiger partial charge in [0.25, 0.3) is 0 Å². The van der Waals surface area contributed by atoms with Crippen molar-refractivity contribution in [2.75, 3.05) is 32.1 Å². The highest BCUT2D eigenvalue weighted by Crippen LogP contribution is 2.43. The molecule has 2 aliphatic heterocycles. The van der Waals surface area contributed by atoms with Crippen molar-refractivity contribution in [1.29, 1.82) is 0 Å². The maximum Gasteiger partial charge on any atom is 0.203 e. The summed E-state index contributed by atoms with van der Waals surface area (Å²) < 4.78 is 2.49. The number of hydrogen-bond acceptors (Lipinski definition) is 1. The number of anilines is 1. The fourth-order valence-electron chi connectivity index (χ4n) is 7.25. The van der Waals surface area contributed by atoms with Crippen LogP contribution in [0.1, 0.15) is 107 Å². The number of aryl methyl sites for hydroxylation is 2. The maximum absolute atomic E-state index is 2.64. The molecular weight excluding hydrogens is 436 g/mol. The minimum absolute atomic E-state index is 0.218. The maximum atomic E-state index is 2.64. The van der Waals surface area contributed by atoms with Gasteiger partial charge < -0.3 is 4.90 Å². The van der Waals surface area contributed by atoms with Crippen LogP contribution in [0.25, 0.3) is 5.57 Å². The van der Waals surface area contributed by atoms with Gasteiger partial charge in [-0.1, -0.05) is 53.9 Å². The van der Waals surface area contributed by atoms with Crippen LogP contribution in [0.3, 0.4) is 0 Å². The van der Waals surface area contributed by atoms with Crippen molar-refractivity contribution in [3.63, 3.8) is 0 Å². The predicted octanol–water partition coefficient (Wildman–Crippen LogP) is 6.26. The lowest BCUT2D eigenvalue weighted by Gasteiger charge is -2.39. The van der Waals surface area contributed by atoms with Gasteiger partial charge in [-0.15, -0.1) is 0 Å². The van der Waals surface area contributed by atoms with E-state index in [9.17, 15) is 0 Å². The SMILES string of the molecule is CCc1cc2c(c/c1=C(/c1cc3c(cc1C)N(C)CCC3(C)C)C1CCCCC1)C(C)(C)CC[N+]=2C. The second kappa shape index (κ2) is 9.34. The van der Waals surface area contributed by atoms with Crippen LogP contribution in [0.5, 0.6) is 0 Å². The Morgan fingerprint density at radius 2 is 1.64 bits per heavy atom. The number of nitrogens with zero attached hydrogens (tertiary/aromatic N) is 2. The first-order valence-electron chi connectivity index (χ1n) is 14.7. The van der Waals surface area contributed by atoms with E-state index in [-0.39, 0.29) is 10.8 Å². The summed E-state index contributed by atoms with van der Waals surface area (Å²) in [6.45, 7) is 16.8. The van der Waals surface area contributed by atoms with E-state index in [4.69, 9.17) is 0 Å². The molecule has 0 N–H and O–H groups in total. The highest BCUT2D eigenvalue weighted by Gasteiger charge is 2.34. The van der Waals surface area contributed by atoms with Gasteiger partial charge in [-0.3, -0.25) is 0 Å². The third kappa shape index (κ3) is 4.33. The normalized spacial score (nSPS) is 22.2. The molecule has 2 heterocycles. The monoisotopic (exact) mass is 485 g/mol. The van der Waals surface area contributed by atoms with Crippen LogP contribution < -0.4 is 20.1 Å². The molecule has 3 aliphatic rings. The molecule has 0 aromatic heterocycles. The van der Waals surface area contributed by atoms with E-state index in [0.29, 0.717) is 5.92 Å². The molecule has 0 bridgehead atoms. The van der Waals surface area contributed by atoms with Gasteiger partial charge in [0.15, 0.2) is 0 Å². The third-order valence-corrected chi connectivity index (χ3v) is 9.96. The van der Waals surface area contributed by atoms with E-state index in [1.54, 1.807) is 21.9 Å². The molecule has 194 valence electrons. The Labute approximate surface area is 220 Å². The fourth-order valence-corrected chi connectivity index (χ4v) is 7.25. The van der Waals surface area contributed by atoms with Crippen LogP contribution in [0.15, 0.2) is 24.3 Å². The quantitative estimate of drug-likeness (QED) is 0.465. The largest absolute Gasteiger partial charge is 0.374 e. The first-order chi connectivity index (χ1) is 17.0. The molecule has 0 saturated heterocycles. The molecule has 0 radical (unpaired) electrons. The molecule has 0 spiro atoms. The summed E-state index contributed by atoms with van der Waals surface area (Å²) in [6.07, 6.45) is 10.3. The molecular formula is C34H49N2+. The van der Waals surface area contributed by atoms with Gasteiger partial charge in [0.2, 0.25) is 5.36 Å². The molecule has 1 fully saturated rings. The zero-order chi connectivity index (χ0) is 25.8. The molecule has 1 saturated carbocycles. The first kappa shape index (κ1) is 25.6. The van der Waals surface area contributed by atoms with E-state index in [1.165, 1.54) is 72.7 Å². The Bertz CT molecular complexity index is 1290. The molecule has 36 heavy (non-hydrogen) atoms. The Morgan fingerprint density at radius 1 is 0.944 bits per heavy atom. The van der Waals surface area contributed by atoms with Gasteiger partial charge in [0, 0.05) is 42.7 Å². The van der Waals surface area contributed by atoms with E-state index >= 15 is 0 Å². The average Bonchev–Trinajstić information content (AvgIpc) is 2.85. The molecule has 1 aliphatic carbocycles. The van der Waals surface area contributed by atoms with Crippen LogP contribution in [-0.2, 0) is 17.3 Å². The minimum atomic E-state index is 0.218. The summed E-state index contributed by atoms with van der Waals surface area (Å²) in [7, 11) is 4.56. The lowest BCUT2D eigenvalue weighted by atomic mass is 9.72. The second-order valence-electron chi connectivity index (χ2n) is 13.4. The zero-order valence-corrected chi connectivity index (χ0v) is 24.4. The Kier molecular flexibility index (Phi) is 6.63. The fraction of sp³-hybridized carbons (Fsp3) is 0.618. The third-order valence-electron chi connectivity index (χ3n) is 9.96. The van der Waals surface area contributed by atoms with Crippen LogP contribution in [0, 0.1) is 12.8 Å². The van der Waals surface area contributed by atoms with Crippen LogP contribution in [0.2, 0.25) is 0 Å². The molecule has 2 heteroatoms. The van der Waals surface area contributed by atoms with Crippen molar-refractivity contribution >= 4 is 11.3 Å². The molecule has 2 aromatic rings. The summed E-state index contributed by atoms with van der Waals surface area (Å²) in [5.41, 5.74) is 11.1.